The zero-order valence-electron chi connectivity index (χ0n) is 24.9. The van der Waals surface area contributed by atoms with Crippen molar-refractivity contribution in [2.45, 2.75) is 50.1 Å². The summed E-state index contributed by atoms with van der Waals surface area (Å²) < 4.78 is 36.2. The van der Waals surface area contributed by atoms with Crippen molar-refractivity contribution in [2.75, 3.05) is 51.3 Å². The minimum Gasteiger partial charge on any atom is -0.462 e. The van der Waals surface area contributed by atoms with E-state index >= 15 is 4.39 Å². The lowest BCUT2D eigenvalue weighted by molar-refractivity contribution is -0.131. The molecule has 4 aliphatic rings. The van der Waals surface area contributed by atoms with Crippen LogP contribution in [-0.4, -0.2) is 84.1 Å². The number of hydrogen-bond donors (Lipinski definition) is 0. The third-order valence-electron chi connectivity index (χ3n) is 10.2. The van der Waals surface area contributed by atoms with E-state index in [1.165, 1.54) is 28.5 Å². The van der Waals surface area contributed by atoms with E-state index in [-0.39, 0.29) is 37.5 Å². The molecule has 3 aromatic rings. The summed E-state index contributed by atoms with van der Waals surface area (Å²) in [4.78, 5) is 31.1. The molecule has 44 heavy (non-hydrogen) atoms. The van der Waals surface area contributed by atoms with Gasteiger partial charge in [-0.1, -0.05) is 24.8 Å². The zero-order valence-corrected chi connectivity index (χ0v) is 24.9. The fourth-order valence-corrected chi connectivity index (χ4v) is 7.66. The number of anilines is 1. The van der Waals surface area contributed by atoms with Crippen LogP contribution in [0.2, 0.25) is 0 Å². The lowest BCUT2D eigenvalue weighted by Gasteiger charge is -2.39. The summed E-state index contributed by atoms with van der Waals surface area (Å²) in [5, 5.41) is 0.530. The average molecular weight is 599 g/mol. The molecule has 7 rings (SSSR count). The quantitative estimate of drug-likeness (QED) is 0.269. The lowest BCUT2D eigenvalue weighted by Crippen LogP contribution is -2.56. The van der Waals surface area contributed by atoms with Crippen LogP contribution in [0.25, 0.3) is 26.9 Å². The van der Waals surface area contributed by atoms with Gasteiger partial charge in [0.15, 0.2) is 5.83 Å². The molecular weight excluding hydrogens is 562 g/mol. The number of rotatable bonds is 7. The van der Waals surface area contributed by atoms with Gasteiger partial charge in [-0.3, -0.25) is 4.79 Å². The van der Waals surface area contributed by atoms with Gasteiger partial charge in [-0.25, -0.2) is 15.4 Å². The maximum Gasteiger partial charge on any atom is 0.319 e. The van der Waals surface area contributed by atoms with Crippen LogP contribution in [0.3, 0.4) is 0 Å². The summed E-state index contributed by atoms with van der Waals surface area (Å²) in [5.41, 5.74) is 4.61. The van der Waals surface area contributed by atoms with Crippen molar-refractivity contribution in [2.24, 2.45) is 5.92 Å². The van der Waals surface area contributed by atoms with Crippen LogP contribution in [0, 0.1) is 18.3 Å². The van der Waals surface area contributed by atoms with Gasteiger partial charge in [0, 0.05) is 36.6 Å². The number of hydrogen-bond acceptors (Lipinski definition) is 6. The van der Waals surface area contributed by atoms with Crippen LogP contribution >= 0.6 is 0 Å². The first-order chi connectivity index (χ1) is 21.3. The molecular formula is C34H36F2N6O2. The maximum absolute atomic E-state index is 16.2. The monoisotopic (exact) mass is 598 g/mol. The number of ether oxygens (including phenoxy) is 1. The Labute approximate surface area is 256 Å². The highest BCUT2D eigenvalue weighted by Gasteiger charge is 2.41. The van der Waals surface area contributed by atoms with Gasteiger partial charge in [-0.15, -0.1) is 0 Å². The second kappa shape index (κ2) is 11.4. The number of likely N-dealkylation sites (tertiary alicyclic amines) is 1. The van der Waals surface area contributed by atoms with Crippen molar-refractivity contribution in [3.05, 3.63) is 71.1 Å². The SMILES string of the molecule is [C-]#[N+]C[C@H]1CN(c2nc(OC[C@@H]3CCCN3C)nc3cc(-c4cccc5c4C4CCC4C5)c(F)cc23)CCN1C(=O)C(=C)F. The number of nitrogens with zero attached hydrogens (tertiary/aromatic N) is 6. The first kappa shape index (κ1) is 28.7. The fraction of sp³-hybridized carbons (Fsp3) is 0.471. The van der Waals surface area contributed by atoms with Gasteiger partial charge in [0.25, 0.3) is 5.91 Å². The first-order valence-electron chi connectivity index (χ1n) is 15.5. The van der Waals surface area contributed by atoms with Crippen molar-refractivity contribution >= 4 is 22.6 Å². The Hall–Kier alpha value is -4.10. The molecule has 0 N–H and O–H groups in total. The standard InChI is InChI=1S/C34H36F2N6O2/c1-20(35)33(43)42-13-12-41(18-24(42)17-37-2)32-28-15-29(36)27(26-8-4-6-22-14-21-9-10-25(21)31(22)26)16-30(28)38-34(39-32)44-19-23-7-5-11-40(23)3/h4,6,8,15-16,21,23-25H,1,5,7,9-14,17-19H2,3H3/t21?,23-,24-,25?/m0/s1. The zero-order chi connectivity index (χ0) is 30.5. The number of likely N-dealkylation sites (N-methyl/N-ethyl adjacent to an activating group) is 1. The van der Waals surface area contributed by atoms with Crippen molar-refractivity contribution in [3.8, 4) is 17.1 Å². The number of fused-ring (bicyclic) bond motifs is 4. The molecule has 0 spiro atoms. The summed E-state index contributed by atoms with van der Waals surface area (Å²) in [6.07, 6.45) is 5.55. The Morgan fingerprint density at radius 3 is 2.73 bits per heavy atom. The van der Waals surface area contributed by atoms with Gasteiger partial charge in [0.05, 0.1) is 5.52 Å². The molecule has 1 amide bonds. The molecule has 10 heteroatoms. The molecule has 0 bridgehead atoms. The number of benzene rings is 2. The third kappa shape index (κ3) is 4.97. The van der Waals surface area contributed by atoms with Gasteiger partial charge >= 0.3 is 6.01 Å². The first-order valence-corrected chi connectivity index (χ1v) is 15.5. The Balaban J connectivity index is 1.29. The van der Waals surface area contributed by atoms with Gasteiger partial charge < -0.3 is 24.3 Å². The molecule has 2 saturated heterocycles. The maximum atomic E-state index is 16.2. The van der Waals surface area contributed by atoms with Crippen molar-refractivity contribution in [3.63, 3.8) is 0 Å². The van der Waals surface area contributed by atoms with Gasteiger partial charge in [0.1, 0.15) is 24.3 Å². The van der Waals surface area contributed by atoms with E-state index in [1.54, 1.807) is 0 Å². The van der Waals surface area contributed by atoms with Crippen LogP contribution in [0.4, 0.5) is 14.6 Å². The largest absolute Gasteiger partial charge is 0.462 e. The molecule has 1 saturated carbocycles. The number of piperazine rings is 1. The Bertz CT molecular complexity index is 1690. The number of halogens is 2. The molecule has 2 aliphatic carbocycles. The topological polar surface area (TPSA) is 66.2 Å². The molecule has 2 aromatic carbocycles. The van der Waals surface area contributed by atoms with Crippen LogP contribution in [-0.2, 0) is 11.2 Å². The summed E-state index contributed by atoms with van der Waals surface area (Å²) in [7, 11) is 2.08. The number of aromatic nitrogens is 2. The molecule has 1 aromatic heterocycles. The predicted octanol–water partition coefficient (Wildman–Crippen LogP) is 5.38. The van der Waals surface area contributed by atoms with E-state index < -0.39 is 17.8 Å². The van der Waals surface area contributed by atoms with Crippen LogP contribution in [0.1, 0.15) is 42.7 Å². The smallest absolute Gasteiger partial charge is 0.319 e. The lowest BCUT2D eigenvalue weighted by atomic mass is 9.73. The van der Waals surface area contributed by atoms with E-state index in [0.29, 0.717) is 47.3 Å². The summed E-state index contributed by atoms with van der Waals surface area (Å²) in [6.45, 7) is 12.8. The van der Waals surface area contributed by atoms with Crippen molar-refractivity contribution < 1.29 is 18.3 Å². The van der Waals surface area contributed by atoms with Crippen LogP contribution in [0.5, 0.6) is 6.01 Å². The fourth-order valence-electron chi connectivity index (χ4n) is 7.66. The van der Waals surface area contributed by atoms with E-state index in [2.05, 4.69) is 29.4 Å². The second-order valence-corrected chi connectivity index (χ2v) is 12.6. The van der Waals surface area contributed by atoms with Crippen molar-refractivity contribution in [1.82, 2.24) is 19.8 Å². The number of amides is 1. The van der Waals surface area contributed by atoms with E-state index in [4.69, 9.17) is 21.3 Å². The molecule has 2 unspecified atom stereocenters. The van der Waals surface area contributed by atoms with Gasteiger partial charge in [0.2, 0.25) is 6.54 Å². The molecule has 228 valence electrons. The Kier molecular flexibility index (Phi) is 7.45. The Morgan fingerprint density at radius 1 is 1.14 bits per heavy atom. The average Bonchev–Trinajstić information content (AvgIpc) is 3.53. The van der Waals surface area contributed by atoms with Crippen LogP contribution in [0.15, 0.2) is 42.7 Å². The van der Waals surface area contributed by atoms with E-state index in [1.807, 2.05) is 23.1 Å². The minimum absolute atomic E-state index is 0.00427. The third-order valence-corrected chi connectivity index (χ3v) is 10.2. The van der Waals surface area contributed by atoms with Gasteiger partial charge in [-0.2, -0.15) is 9.97 Å². The molecule has 2 aliphatic heterocycles. The summed E-state index contributed by atoms with van der Waals surface area (Å²) in [5.74, 6) is -0.591. The number of carbonyl (C=O) groups is 1. The highest BCUT2D eigenvalue weighted by Crippen LogP contribution is 2.54. The van der Waals surface area contributed by atoms with Crippen LogP contribution < -0.4 is 9.64 Å². The number of carbonyl (C=O) groups excluding carboxylic acids is 1. The molecule has 0 radical (unpaired) electrons. The van der Waals surface area contributed by atoms with Crippen molar-refractivity contribution in [1.29, 1.82) is 0 Å². The highest BCUT2D eigenvalue weighted by atomic mass is 19.1. The molecule has 4 atom stereocenters. The summed E-state index contributed by atoms with van der Waals surface area (Å²) >= 11 is 0. The van der Waals surface area contributed by atoms with E-state index in [0.717, 1.165) is 37.8 Å². The second-order valence-electron chi connectivity index (χ2n) is 12.6. The van der Waals surface area contributed by atoms with Gasteiger partial charge in [-0.05, 0) is 86.4 Å². The minimum atomic E-state index is -1.05. The summed E-state index contributed by atoms with van der Waals surface area (Å²) in [6, 6.07) is 9.42. The van der Waals surface area contributed by atoms with E-state index in [9.17, 15) is 9.18 Å². The Morgan fingerprint density at radius 2 is 2.00 bits per heavy atom. The highest BCUT2D eigenvalue weighted by molar-refractivity contribution is 5.94. The predicted molar refractivity (Wildman–Crippen MR) is 165 cm³/mol. The normalized spacial score (nSPS) is 24.5. The molecule has 3 heterocycles. The molecule has 3 fully saturated rings. The molecule has 8 nitrogen and oxygen atoms in total.